The smallest absolute Gasteiger partial charge is 0.330 e. The summed E-state index contributed by atoms with van der Waals surface area (Å²) < 4.78 is 10.0. The zero-order valence-corrected chi connectivity index (χ0v) is 17.7. The number of ether oxygens (including phenoxy) is 2. The first-order valence-electron chi connectivity index (χ1n) is 8.98. The first kappa shape index (κ1) is 22.5. The number of methoxy groups -OCH3 is 1. The number of nitrogens with zero attached hydrogens (tertiary/aromatic N) is 1. The summed E-state index contributed by atoms with van der Waals surface area (Å²) in [4.78, 5) is 38.1. The average Bonchev–Trinajstić information content (AvgIpc) is 2.65. The van der Waals surface area contributed by atoms with Gasteiger partial charge in [-0.2, -0.15) is 0 Å². The van der Waals surface area contributed by atoms with Crippen molar-refractivity contribution in [1.29, 1.82) is 0 Å². The van der Waals surface area contributed by atoms with E-state index in [0.717, 1.165) is 5.57 Å². The van der Waals surface area contributed by atoms with E-state index in [4.69, 9.17) is 21.1 Å². The van der Waals surface area contributed by atoms with Gasteiger partial charge in [-0.05, 0) is 30.5 Å². The van der Waals surface area contributed by atoms with Gasteiger partial charge in [0.05, 0.1) is 13.7 Å². The van der Waals surface area contributed by atoms with Gasteiger partial charge >= 0.3 is 11.9 Å². The van der Waals surface area contributed by atoms with E-state index in [1.165, 1.54) is 31.9 Å². The second kappa shape index (κ2) is 10.6. The molecule has 0 aromatic heterocycles. The highest BCUT2D eigenvalue weighted by Crippen LogP contribution is 2.35. The molecule has 1 saturated heterocycles. The highest BCUT2D eigenvalue weighted by molar-refractivity contribution is 8.14. The van der Waals surface area contributed by atoms with E-state index in [0.29, 0.717) is 30.1 Å². The minimum absolute atomic E-state index is 0.0242. The molecule has 0 N–H and O–H groups in total. The highest BCUT2D eigenvalue weighted by Gasteiger charge is 2.35. The van der Waals surface area contributed by atoms with Crippen molar-refractivity contribution in [3.8, 4) is 0 Å². The molecule has 0 radical (unpaired) electrons. The van der Waals surface area contributed by atoms with Crippen LogP contribution >= 0.6 is 23.4 Å². The van der Waals surface area contributed by atoms with Gasteiger partial charge in [0.15, 0.2) is 5.12 Å². The Kier molecular flexibility index (Phi) is 8.54. The summed E-state index contributed by atoms with van der Waals surface area (Å²) >= 11 is 7.51. The zero-order chi connectivity index (χ0) is 20.7. The van der Waals surface area contributed by atoms with Crippen LogP contribution in [-0.4, -0.2) is 54.0 Å². The van der Waals surface area contributed by atoms with Crippen molar-refractivity contribution in [2.24, 2.45) is 0 Å². The number of hydrogen-bond acceptors (Lipinski definition) is 7. The second-order valence-electron chi connectivity index (χ2n) is 6.28. The molecule has 1 aromatic rings. The van der Waals surface area contributed by atoms with Crippen molar-refractivity contribution in [2.75, 3.05) is 26.8 Å². The SMILES string of the molecule is CCOC(=O)C=C1CN(C(C(=O)OC)c2ccccc2Cl)CCC1SC(C)=O. The van der Waals surface area contributed by atoms with Crippen molar-refractivity contribution in [2.45, 2.75) is 31.6 Å². The number of esters is 2. The molecule has 0 spiro atoms. The number of carbonyl (C=O) groups excluding carboxylic acids is 3. The fraction of sp³-hybridized carbons (Fsp3) is 0.450. The molecule has 1 aliphatic rings. The lowest BCUT2D eigenvalue weighted by Crippen LogP contribution is -2.43. The molecule has 0 bridgehead atoms. The number of thioether (sulfide) groups is 1. The number of benzene rings is 1. The summed E-state index contributed by atoms with van der Waals surface area (Å²) in [6, 6.07) is 6.41. The van der Waals surface area contributed by atoms with E-state index in [1.54, 1.807) is 25.1 Å². The topological polar surface area (TPSA) is 72.9 Å². The van der Waals surface area contributed by atoms with Crippen LogP contribution in [0.4, 0.5) is 0 Å². The van der Waals surface area contributed by atoms with Crippen LogP contribution < -0.4 is 0 Å². The third-order valence-corrected chi connectivity index (χ3v) is 5.86. The Bertz CT molecular complexity index is 767. The van der Waals surface area contributed by atoms with Crippen LogP contribution in [0.1, 0.15) is 31.9 Å². The van der Waals surface area contributed by atoms with Crippen molar-refractivity contribution in [3.63, 3.8) is 0 Å². The third-order valence-electron chi connectivity index (χ3n) is 4.37. The van der Waals surface area contributed by atoms with Crippen molar-refractivity contribution >= 4 is 40.4 Å². The van der Waals surface area contributed by atoms with Gasteiger partial charge in [0, 0.05) is 36.4 Å². The minimum atomic E-state index is -0.701. The number of rotatable bonds is 6. The molecule has 0 saturated carbocycles. The lowest BCUT2D eigenvalue weighted by molar-refractivity contribution is -0.147. The standard InChI is InChI=1S/C20H24ClNO5S/c1-4-27-18(24)11-14-12-22(10-9-17(14)28-13(2)23)19(20(25)26-3)15-7-5-6-8-16(15)21/h5-8,11,17,19H,4,9-10,12H2,1-3H3. The largest absolute Gasteiger partial charge is 0.468 e. The number of piperidine rings is 1. The second-order valence-corrected chi connectivity index (χ2v) is 8.06. The van der Waals surface area contributed by atoms with Crippen molar-refractivity contribution in [1.82, 2.24) is 4.90 Å². The molecule has 28 heavy (non-hydrogen) atoms. The lowest BCUT2D eigenvalue weighted by atomic mass is 9.98. The number of hydrogen-bond donors (Lipinski definition) is 0. The van der Waals surface area contributed by atoms with Crippen LogP contribution in [0, 0.1) is 0 Å². The van der Waals surface area contributed by atoms with Gasteiger partial charge in [0.2, 0.25) is 0 Å². The van der Waals surface area contributed by atoms with Gasteiger partial charge in [0.1, 0.15) is 6.04 Å². The lowest BCUT2D eigenvalue weighted by Gasteiger charge is -2.37. The van der Waals surface area contributed by atoms with E-state index >= 15 is 0 Å². The Labute approximate surface area is 174 Å². The van der Waals surface area contributed by atoms with E-state index in [1.807, 2.05) is 11.0 Å². The van der Waals surface area contributed by atoms with E-state index < -0.39 is 18.0 Å². The molecule has 2 rings (SSSR count). The molecular weight excluding hydrogens is 402 g/mol. The van der Waals surface area contributed by atoms with Crippen molar-refractivity contribution in [3.05, 3.63) is 46.5 Å². The minimum Gasteiger partial charge on any atom is -0.468 e. The van der Waals surface area contributed by atoms with E-state index in [9.17, 15) is 14.4 Å². The van der Waals surface area contributed by atoms with E-state index in [2.05, 4.69) is 0 Å². The molecule has 1 heterocycles. The van der Waals surface area contributed by atoms with Crippen LogP contribution in [0.3, 0.4) is 0 Å². The maximum Gasteiger partial charge on any atom is 0.330 e. The van der Waals surface area contributed by atoms with Crippen LogP contribution in [0.25, 0.3) is 0 Å². The van der Waals surface area contributed by atoms with Gasteiger partial charge in [-0.1, -0.05) is 41.6 Å². The summed E-state index contributed by atoms with van der Waals surface area (Å²) in [5.41, 5.74) is 1.38. The maximum absolute atomic E-state index is 12.6. The molecule has 2 unspecified atom stereocenters. The highest BCUT2D eigenvalue weighted by atomic mass is 35.5. The summed E-state index contributed by atoms with van der Waals surface area (Å²) in [7, 11) is 1.33. The van der Waals surface area contributed by atoms with Crippen LogP contribution in [0.2, 0.25) is 5.02 Å². The van der Waals surface area contributed by atoms with Gasteiger partial charge in [-0.3, -0.25) is 9.69 Å². The predicted molar refractivity (Wildman–Crippen MR) is 109 cm³/mol. The molecule has 1 fully saturated rings. The molecule has 2 atom stereocenters. The maximum atomic E-state index is 12.6. The molecule has 0 aliphatic carbocycles. The first-order valence-corrected chi connectivity index (χ1v) is 10.2. The van der Waals surface area contributed by atoms with Crippen molar-refractivity contribution < 1.29 is 23.9 Å². The molecule has 8 heteroatoms. The number of carbonyl (C=O) groups is 3. The van der Waals surface area contributed by atoms with Crippen LogP contribution in [0.15, 0.2) is 35.9 Å². The van der Waals surface area contributed by atoms with Crippen LogP contribution in [-0.2, 0) is 23.9 Å². The Morgan fingerprint density at radius 3 is 2.68 bits per heavy atom. The van der Waals surface area contributed by atoms with Gasteiger partial charge in [0.25, 0.3) is 0 Å². The quantitative estimate of drug-likeness (QED) is 0.510. The fourth-order valence-electron chi connectivity index (χ4n) is 3.19. The summed E-state index contributed by atoms with van der Waals surface area (Å²) in [5, 5.41) is 0.306. The first-order chi connectivity index (χ1) is 13.4. The van der Waals surface area contributed by atoms with E-state index in [-0.39, 0.29) is 17.0 Å². The Morgan fingerprint density at radius 1 is 1.36 bits per heavy atom. The van der Waals surface area contributed by atoms with Gasteiger partial charge in [-0.15, -0.1) is 0 Å². The summed E-state index contributed by atoms with van der Waals surface area (Å²) in [6.07, 6.45) is 2.03. The van der Waals surface area contributed by atoms with Gasteiger partial charge < -0.3 is 9.47 Å². The Balaban J connectivity index is 2.35. The summed E-state index contributed by atoms with van der Waals surface area (Å²) in [5.74, 6) is -0.887. The van der Waals surface area contributed by atoms with Crippen LogP contribution in [0.5, 0.6) is 0 Å². The molecule has 1 aromatic carbocycles. The number of halogens is 1. The van der Waals surface area contributed by atoms with Gasteiger partial charge in [-0.25, -0.2) is 9.59 Å². The predicted octanol–water partition coefficient (Wildman–Crippen LogP) is 3.40. The summed E-state index contributed by atoms with van der Waals surface area (Å²) in [6.45, 7) is 4.38. The Morgan fingerprint density at radius 2 is 2.07 bits per heavy atom. The average molecular weight is 426 g/mol. The molecular formula is C20H24ClNO5S. The zero-order valence-electron chi connectivity index (χ0n) is 16.1. The fourth-order valence-corrected chi connectivity index (χ4v) is 4.35. The number of likely N-dealkylation sites (tertiary alicyclic amines) is 1. The monoisotopic (exact) mass is 425 g/mol. The normalized spacial score (nSPS) is 19.9. The molecule has 6 nitrogen and oxygen atoms in total. The third kappa shape index (κ3) is 5.83. The molecule has 1 aliphatic heterocycles. The molecule has 0 amide bonds. The Hall–Kier alpha value is -1.83. The molecule has 152 valence electrons.